The van der Waals surface area contributed by atoms with E-state index in [0.29, 0.717) is 16.1 Å². The molecule has 0 aromatic heterocycles. The smallest absolute Gasteiger partial charge is 0.221 e. The van der Waals surface area contributed by atoms with Crippen LogP contribution in [0.15, 0.2) is 54.4 Å². The molecule has 0 unspecified atom stereocenters. The van der Waals surface area contributed by atoms with Gasteiger partial charge in [-0.1, -0.05) is 53.6 Å². The number of hydrogen-bond acceptors (Lipinski definition) is 1. The van der Waals surface area contributed by atoms with Crippen LogP contribution in [-0.4, -0.2) is 5.78 Å². The minimum atomic E-state index is -0.786. The number of hydrogen-bond donors (Lipinski definition) is 0. The fourth-order valence-electron chi connectivity index (χ4n) is 1.61. The van der Waals surface area contributed by atoms with E-state index in [9.17, 15) is 9.18 Å². The second-order valence-corrected chi connectivity index (χ2v) is 4.68. The minimum absolute atomic E-state index is 0.341. The Morgan fingerprint density at radius 2 is 1.63 bits per heavy atom. The van der Waals surface area contributed by atoms with E-state index in [1.807, 2.05) is 6.92 Å². The highest BCUT2D eigenvalue weighted by Crippen LogP contribution is 2.16. The molecule has 0 saturated heterocycles. The van der Waals surface area contributed by atoms with Gasteiger partial charge in [0.2, 0.25) is 5.78 Å². The van der Waals surface area contributed by atoms with Crippen molar-refractivity contribution in [3.8, 4) is 0 Å². The van der Waals surface area contributed by atoms with Crippen LogP contribution in [0.25, 0.3) is 6.08 Å². The Morgan fingerprint density at radius 3 is 2.21 bits per heavy atom. The van der Waals surface area contributed by atoms with Crippen molar-refractivity contribution in [2.45, 2.75) is 6.92 Å². The highest BCUT2D eigenvalue weighted by atomic mass is 35.5. The quantitative estimate of drug-likeness (QED) is 0.578. The Labute approximate surface area is 116 Å². The summed E-state index contributed by atoms with van der Waals surface area (Å²) in [5.74, 6) is -1.40. The molecular weight excluding hydrogens is 263 g/mol. The third-order valence-electron chi connectivity index (χ3n) is 2.69. The van der Waals surface area contributed by atoms with E-state index in [1.54, 1.807) is 48.5 Å². The van der Waals surface area contributed by atoms with Gasteiger partial charge in [0.05, 0.1) is 0 Å². The summed E-state index contributed by atoms with van der Waals surface area (Å²) in [6.07, 6.45) is 1.21. The first-order chi connectivity index (χ1) is 9.06. The summed E-state index contributed by atoms with van der Waals surface area (Å²) in [5.41, 5.74) is 1.97. The maximum atomic E-state index is 13.8. The van der Waals surface area contributed by atoms with Crippen LogP contribution < -0.4 is 0 Å². The van der Waals surface area contributed by atoms with Gasteiger partial charge in [-0.2, -0.15) is 0 Å². The lowest BCUT2D eigenvalue weighted by Crippen LogP contribution is -1.99. The van der Waals surface area contributed by atoms with E-state index in [-0.39, 0.29) is 0 Å². The van der Waals surface area contributed by atoms with Gasteiger partial charge in [-0.15, -0.1) is 0 Å². The van der Waals surface area contributed by atoms with Crippen molar-refractivity contribution in [3.05, 3.63) is 76.1 Å². The van der Waals surface area contributed by atoms with Crippen LogP contribution in [0.5, 0.6) is 0 Å². The monoisotopic (exact) mass is 274 g/mol. The molecule has 0 aliphatic rings. The Hall–Kier alpha value is -1.93. The molecule has 0 heterocycles. The van der Waals surface area contributed by atoms with Crippen LogP contribution in [-0.2, 0) is 0 Å². The number of halogens is 2. The lowest BCUT2D eigenvalue weighted by atomic mass is 10.1. The van der Waals surface area contributed by atoms with Crippen molar-refractivity contribution in [3.63, 3.8) is 0 Å². The van der Waals surface area contributed by atoms with Crippen LogP contribution >= 0.6 is 11.6 Å². The SMILES string of the molecule is Cc1ccc(C(=O)/C(F)=C/c2ccc(Cl)cc2)cc1. The van der Waals surface area contributed by atoms with E-state index in [2.05, 4.69) is 0 Å². The van der Waals surface area contributed by atoms with Crippen LogP contribution in [0, 0.1) is 6.92 Å². The number of carbonyl (C=O) groups excluding carboxylic acids is 1. The van der Waals surface area contributed by atoms with Crippen molar-refractivity contribution in [2.75, 3.05) is 0 Å². The predicted octanol–water partition coefficient (Wildman–Crippen LogP) is 4.84. The molecule has 1 nitrogen and oxygen atoms in total. The second-order valence-electron chi connectivity index (χ2n) is 4.24. The molecule has 0 aliphatic carbocycles. The minimum Gasteiger partial charge on any atom is -0.286 e. The van der Waals surface area contributed by atoms with Crippen molar-refractivity contribution >= 4 is 23.5 Å². The maximum absolute atomic E-state index is 13.8. The molecule has 2 rings (SSSR count). The summed E-state index contributed by atoms with van der Waals surface area (Å²) < 4.78 is 13.8. The number of Topliss-reactive ketones (excluding diaryl/α,β-unsaturated/α-hetero) is 1. The zero-order chi connectivity index (χ0) is 13.8. The van der Waals surface area contributed by atoms with Crippen LogP contribution in [0.3, 0.4) is 0 Å². The molecule has 0 amide bonds. The van der Waals surface area contributed by atoms with Gasteiger partial charge in [-0.05, 0) is 30.7 Å². The molecule has 0 aliphatic heterocycles. The Bertz CT molecular complexity index is 612. The summed E-state index contributed by atoms with van der Waals surface area (Å²) in [4.78, 5) is 11.9. The van der Waals surface area contributed by atoms with Gasteiger partial charge in [0, 0.05) is 10.6 Å². The maximum Gasteiger partial charge on any atom is 0.221 e. The molecule has 3 heteroatoms. The lowest BCUT2D eigenvalue weighted by Gasteiger charge is -2.00. The zero-order valence-electron chi connectivity index (χ0n) is 10.4. The van der Waals surface area contributed by atoms with Gasteiger partial charge in [0.1, 0.15) is 0 Å². The molecule has 96 valence electrons. The van der Waals surface area contributed by atoms with Crippen molar-refractivity contribution in [1.29, 1.82) is 0 Å². The highest BCUT2D eigenvalue weighted by Gasteiger charge is 2.11. The van der Waals surface area contributed by atoms with E-state index < -0.39 is 11.6 Å². The average molecular weight is 275 g/mol. The summed E-state index contributed by atoms with van der Waals surface area (Å²) in [6.45, 7) is 1.91. The number of aryl methyl sites for hydroxylation is 1. The van der Waals surface area contributed by atoms with E-state index in [0.717, 1.165) is 5.56 Å². The molecule has 0 radical (unpaired) electrons. The fourth-order valence-corrected chi connectivity index (χ4v) is 1.74. The van der Waals surface area contributed by atoms with Gasteiger partial charge >= 0.3 is 0 Å². The molecule has 0 saturated carbocycles. The number of carbonyl (C=O) groups is 1. The zero-order valence-corrected chi connectivity index (χ0v) is 11.1. The van der Waals surface area contributed by atoms with E-state index >= 15 is 0 Å². The molecule has 0 N–H and O–H groups in total. The largest absolute Gasteiger partial charge is 0.286 e. The lowest BCUT2D eigenvalue weighted by molar-refractivity contribution is 0.101. The Balaban J connectivity index is 2.23. The van der Waals surface area contributed by atoms with Gasteiger partial charge in [-0.25, -0.2) is 4.39 Å². The van der Waals surface area contributed by atoms with Gasteiger partial charge < -0.3 is 0 Å². The summed E-state index contributed by atoms with van der Waals surface area (Å²) >= 11 is 5.74. The van der Waals surface area contributed by atoms with Gasteiger partial charge in [0.25, 0.3) is 0 Å². The molecule has 0 spiro atoms. The number of ketones is 1. The van der Waals surface area contributed by atoms with Gasteiger partial charge in [-0.3, -0.25) is 4.79 Å². The second kappa shape index (κ2) is 5.81. The van der Waals surface area contributed by atoms with Crippen LogP contribution in [0.4, 0.5) is 4.39 Å². The average Bonchev–Trinajstić information content (AvgIpc) is 2.41. The normalized spacial score (nSPS) is 11.4. The topological polar surface area (TPSA) is 17.1 Å². The number of rotatable bonds is 3. The first kappa shape index (κ1) is 13.5. The van der Waals surface area contributed by atoms with Crippen LogP contribution in [0.1, 0.15) is 21.5 Å². The molecule has 0 fully saturated rings. The first-order valence-electron chi connectivity index (χ1n) is 5.80. The van der Waals surface area contributed by atoms with Crippen molar-refractivity contribution in [1.82, 2.24) is 0 Å². The molecule has 2 aromatic carbocycles. The van der Waals surface area contributed by atoms with E-state index in [1.165, 1.54) is 6.08 Å². The number of benzene rings is 2. The molecule has 19 heavy (non-hydrogen) atoms. The standard InChI is InChI=1S/C16H12ClFO/c1-11-2-6-13(7-3-11)16(19)15(18)10-12-4-8-14(17)9-5-12/h2-10H,1H3/b15-10-. The molecular formula is C16H12ClFO. The highest BCUT2D eigenvalue weighted by molar-refractivity contribution is 6.30. The summed E-state index contributed by atoms with van der Waals surface area (Å²) in [6, 6.07) is 13.4. The number of allylic oxidation sites excluding steroid dienone is 1. The van der Waals surface area contributed by atoms with Crippen LogP contribution in [0.2, 0.25) is 5.02 Å². The third kappa shape index (κ3) is 3.52. The first-order valence-corrected chi connectivity index (χ1v) is 6.18. The van der Waals surface area contributed by atoms with Crippen molar-refractivity contribution < 1.29 is 9.18 Å². The summed E-state index contributed by atoms with van der Waals surface area (Å²) in [7, 11) is 0. The fraction of sp³-hybridized carbons (Fsp3) is 0.0625. The third-order valence-corrected chi connectivity index (χ3v) is 2.95. The molecule has 2 aromatic rings. The molecule has 0 atom stereocenters. The Morgan fingerprint density at radius 1 is 1.05 bits per heavy atom. The van der Waals surface area contributed by atoms with E-state index in [4.69, 9.17) is 11.6 Å². The van der Waals surface area contributed by atoms with Crippen molar-refractivity contribution in [2.24, 2.45) is 0 Å². The summed E-state index contributed by atoms with van der Waals surface area (Å²) in [5, 5.41) is 0.572. The predicted molar refractivity (Wildman–Crippen MR) is 76.0 cm³/mol. The van der Waals surface area contributed by atoms with Gasteiger partial charge in [0.15, 0.2) is 5.83 Å². The Kier molecular flexibility index (Phi) is 4.13. The molecule has 0 bridgehead atoms.